The molecule has 1 unspecified atom stereocenters. The van der Waals surface area contributed by atoms with E-state index in [1.54, 1.807) is 10.9 Å². The molecule has 1 aromatic heterocycles. The monoisotopic (exact) mass is 225 g/mol. The Balaban J connectivity index is 1.86. The van der Waals surface area contributed by atoms with Crippen molar-refractivity contribution in [2.75, 3.05) is 19.6 Å². The van der Waals surface area contributed by atoms with Crippen molar-refractivity contribution in [3.63, 3.8) is 0 Å². The van der Waals surface area contributed by atoms with Crippen molar-refractivity contribution in [1.82, 2.24) is 15.2 Å². The minimum atomic E-state index is -0.0424. The molecule has 0 bridgehead atoms. The van der Waals surface area contributed by atoms with Crippen molar-refractivity contribution in [1.29, 1.82) is 0 Å². The van der Waals surface area contributed by atoms with Crippen LogP contribution >= 0.6 is 11.3 Å². The average Bonchev–Trinajstić information content (AvgIpc) is 2.87. The van der Waals surface area contributed by atoms with Crippen LogP contribution in [0.5, 0.6) is 0 Å². The summed E-state index contributed by atoms with van der Waals surface area (Å²) >= 11 is 1.45. The van der Waals surface area contributed by atoms with Gasteiger partial charge >= 0.3 is 0 Å². The summed E-state index contributed by atoms with van der Waals surface area (Å²) in [6, 6.07) is 0.291. The van der Waals surface area contributed by atoms with Crippen LogP contribution in [0.4, 0.5) is 0 Å². The summed E-state index contributed by atoms with van der Waals surface area (Å²) < 4.78 is 0. The zero-order valence-electron chi connectivity index (χ0n) is 8.77. The molecule has 4 nitrogen and oxygen atoms in total. The van der Waals surface area contributed by atoms with E-state index in [-0.39, 0.29) is 5.91 Å². The topological polar surface area (TPSA) is 45.2 Å². The fraction of sp³-hybridized carbons (Fsp3) is 0.600. The molecule has 0 aliphatic carbocycles. The van der Waals surface area contributed by atoms with Crippen molar-refractivity contribution >= 4 is 17.2 Å². The molecule has 0 aromatic carbocycles. The van der Waals surface area contributed by atoms with Gasteiger partial charge in [-0.25, -0.2) is 4.98 Å². The van der Waals surface area contributed by atoms with E-state index >= 15 is 0 Å². The number of carbonyl (C=O) groups is 1. The Labute approximate surface area is 93.3 Å². The molecule has 15 heavy (non-hydrogen) atoms. The number of rotatable bonds is 3. The molecule has 82 valence electrons. The van der Waals surface area contributed by atoms with Gasteiger partial charge in [-0.3, -0.25) is 4.79 Å². The van der Waals surface area contributed by atoms with Gasteiger partial charge in [0.05, 0.1) is 5.51 Å². The zero-order valence-corrected chi connectivity index (χ0v) is 9.59. The molecule has 1 N–H and O–H groups in total. The molecule has 0 radical (unpaired) electrons. The summed E-state index contributed by atoms with van der Waals surface area (Å²) in [6.07, 6.45) is 1.05. The highest BCUT2D eigenvalue weighted by molar-refractivity contribution is 7.07. The van der Waals surface area contributed by atoms with E-state index in [1.807, 2.05) is 0 Å². The number of likely N-dealkylation sites (tertiary alicyclic amines) is 1. The first-order valence-electron chi connectivity index (χ1n) is 5.21. The summed E-state index contributed by atoms with van der Waals surface area (Å²) in [4.78, 5) is 18.0. The highest BCUT2D eigenvalue weighted by atomic mass is 32.1. The van der Waals surface area contributed by atoms with Crippen LogP contribution in [0.25, 0.3) is 0 Å². The van der Waals surface area contributed by atoms with Crippen molar-refractivity contribution < 1.29 is 4.79 Å². The van der Waals surface area contributed by atoms with Crippen molar-refractivity contribution in [2.45, 2.75) is 19.4 Å². The largest absolute Gasteiger partial charge is 0.347 e. The normalized spacial score (nSPS) is 21.8. The maximum absolute atomic E-state index is 11.7. The number of hydrogen-bond acceptors (Lipinski definition) is 4. The number of aromatic nitrogens is 1. The van der Waals surface area contributed by atoms with Gasteiger partial charge < -0.3 is 10.2 Å². The smallest absolute Gasteiger partial charge is 0.271 e. The fourth-order valence-corrected chi connectivity index (χ4v) is 2.35. The maximum Gasteiger partial charge on any atom is 0.271 e. The number of likely N-dealkylation sites (N-methyl/N-ethyl adjacent to an activating group) is 1. The second-order valence-corrected chi connectivity index (χ2v) is 4.44. The second-order valence-electron chi connectivity index (χ2n) is 3.73. The molecule has 5 heteroatoms. The first kappa shape index (κ1) is 10.6. The predicted octanol–water partition coefficient (Wildman–Crippen LogP) is 0.967. The molecule has 2 heterocycles. The zero-order chi connectivity index (χ0) is 10.7. The molecule has 1 atom stereocenters. The Morgan fingerprint density at radius 3 is 3.27 bits per heavy atom. The number of amides is 1. The van der Waals surface area contributed by atoms with E-state index in [2.05, 4.69) is 22.1 Å². The molecule has 1 saturated heterocycles. The Kier molecular flexibility index (Phi) is 3.33. The van der Waals surface area contributed by atoms with Crippen LogP contribution in [0.2, 0.25) is 0 Å². The summed E-state index contributed by atoms with van der Waals surface area (Å²) in [6.45, 7) is 5.25. The molecule has 1 amide bonds. The average molecular weight is 225 g/mol. The number of nitrogens with zero attached hydrogens (tertiary/aromatic N) is 2. The standard InChI is InChI=1S/C10H15N3OS/c1-2-13-4-3-8(5-13)12-10(14)9-6-15-7-11-9/h6-8H,2-5H2,1H3,(H,12,14). The molecular formula is C10H15N3OS. The summed E-state index contributed by atoms with van der Waals surface area (Å²) in [5, 5.41) is 4.79. The van der Waals surface area contributed by atoms with Crippen molar-refractivity contribution in [3.05, 3.63) is 16.6 Å². The highest BCUT2D eigenvalue weighted by Crippen LogP contribution is 2.09. The van der Waals surface area contributed by atoms with Gasteiger partial charge in [-0.1, -0.05) is 6.92 Å². The van der Waals surface area contributed by atoms with Crippen LogP contribution in [0.1, 0.15) is 23.8 Å². The first-order valence-corrected chi connectivity index (χ1v) is 6.15. The lowest BCUT2D eigenvalue weighted by molar-refractivity contribution is 0.0933. The number of carbonyl (C=O) groups excluding carboxylic acids is 1. The minimum absolute atomic E-state index is 0.0424. The maximum atomic E-state index is 11.7. The molecule has 0 saturated carbocycles. The lowest BCUT2D eigenvalue weighted by Crippen LogP contribution is -2.37. The lowest BCUT2D eigenvalue weighted by Gasteiger charge is -2.13. The molecule has 1 aliphatic rings. The number of hydrogen-bond donors (Lipinski definition) is 1. The van der Waals surface area contributed by atoms with E-state index in [4.69, 9.17) is 0 Å². The van der Waals surface area contributed by atoms with Crippen LogP contribution in [-0.2, 0) is 0 Å². The highest BCUT2D eigenvalue weighted by Gasteiger charge is 2.23. The molecule has 1 aromatic rings. The molecule has 1 aliphatic heterocycles. The van der Waals surface area contributed by atoms with Gasteiger partial charge in [-0.15, -0.1) is 11.3 Å². The van der Waals surface area contributed by atoms with Gasteiger partial charge in [0.1, 0.15) is 5.69 Å². The van der Waals surface area contributed by atoms with E-state index in [9.17, 15) is 4.79 Å². The van der Waals surface area contributed by atoms with Gasteiger partial charge in [-0.05, 0) is 13.0 Å². The van der Waals surface area contributed by atoms with Gasteiger partial charge in [0.2, 0.25) is 0 Å². The third-order valence-electron chi connectivity index (χ3n) is 2.72. The first-order chi connectivity index (χ1) is 7.29. The Morgan fingerprint density at radius 1 is 1.80 bits per heavy atom. The van der Waals surface area contributed by atoms with E-state index in [0.29, 0.717) is 11.7 Å². The predicted molar refractivity (Wildman–Crippen MR) is 60.1 cm³/mol. The van der Waals surface area contributed by atoms with Crippen molar-refractivity contribution in [3.8, 4) is 0 Å². The molecule has 1 fully saturated rings. The SMILES string of the molecule is CCN1CCC(NC(=O)c2cscn2)C1. The summed E-state index contributed by atoms with van der Waals surface area (Å²) in [7, 11) is 0. The van der Waals surface area contributed by atoms with E-state index in [1.165, 1.54) is 11.3 Å². The quantitative estimate of drug-likeness (QED) is 0.833. The Bertz CT molecular complexity index is 325. The second kappa shape index (κ2) is 4.72. The van der Waals surface area contributed by atoms with Crippen LogP contribution in [-0.4, -0.2) is 41.5 Å². The lowest BCUT2D eigenvalue weighted by atomic mass is 10.2. The Hall–Kier alpha value is -0.940. The minimum Gasteiger partial charge on any atom is -0.347 e. The van der Waals surface area contributed by atoms with Crippen LogP contribution in [0.3, 0.4) is 0 Å². The van der Waals surface area contributed by atoms with Crippen LogP contribution < -0.4 is 5.32 Å². The molecule has 2 rings (SSSR count). The Morgan fingerprint density at radius 2 is 2.67 bits per heavy atom. The van der Waals surface area contributed by atoms with Crippen LogP contribution in [0, 0.1) is 0 Å². The van der Waals surface area contributed by atoms with E-state index < -0.39 is 0 Å². The van der Waals surface area contributed by atoms with Gasteiger partial charge in [0.25, 0.3) is 5.91 Å². The number of thiazole rings is 1. The third kappa shape index (κ3) is 2.54. The van der Waals surface area contributed by atoms with Gasteiger partial charge in [0, 0.05) is 24.5 Å². The van der Waals surface area contributed by atoms with Gasteiger partial charge in [-0.2, -0.15) is 0 Å². The fourth-order valence-electron chi connectivity index (χ4n) is 1.82. The third-order valence-corrected chi connectivity index (χ3v) is 3.31. The molecule has 0 spiro atoms. The van der Waals surface area contributed by atoms with Gasteiger partial charge in [0.15, 0.2) is 0 Å². The van der Waals surface area contributed by atoms with Crippen molar-refractivity contribution in [2.24, 2.45) is 0 Å². The van der Waals surface area contributed by atoms with E-state index in [0.717, 1.165) is 26.1 Å². The van der Waals surface area contributed by atoms with Crippen LogP contribution in [0.15, 0.2) is 10.9 Å². The number of nitrogens with one attached hydrogen (secondary N) is 1. The summed E-state index contributed by atoms with van der Waals surface area (Å²) in [5.41, 5.74) is 2.22. The summed E-state index contributed by atoms with van der Waals surface area (Å²) in [5.74, 6) is -0.0424. The molecular weight excluding hydrogens is 210 g/mol.